The minimum atomic E-state index is -0.365. The first kappa shape index (κ1) is 11.9. The molecule has 1 rings (SSSR count). The van der Waals surface area contributed by atoms with Gasteiger partial charge in [0, 0.05) is 25.7 Å². The zero-order chi connectivity index (χ0) is 10.6. The van der Waals surface area contributed by atoms with Gasteiger partial charge in [0.25, 0.3) is 0 Å². The summed E-state index contributed by atoms with van der Waals surface area (Å²) in [5.41, 5.74) is 5.40. The fourth-order valence-corrected chi connectivity index (χ4v) is 1.99. The molecule has 0 spiro atoms. The van der Waals surface area contributed by atoms with Crippen LogP contribution in [0.25, 0.3) is 0 Å². The van der Waals surface area contributed by atoms with Gasteiger partial charge in [0.05, 0.1) is 6.10 Å². The lowest BCUT2D eigenvalue weighted by molar-refractivity contribution is 0.0762. The van der Waals surface area contributed by atoms with Crippen LogP contribution in [0.15, 0.2) is 0 Å². The van der Waals surface area contributed by atoms with Crippen LogP contribution in [0.3, 0.4) is 0 Å². The van der Waals surface area contributed by atoms with Crippen molar-refractivity contribution >= 4 is 0 Å². The molecule has 2 unspecified atom stereocenters. The molecule has 3 N–H and O–H groups in total. The van der Waals surface area contributed by atoms with Gasteiger partial charge < -0.3 is 15.7 Å². The van der Waals surface area contributed by atoms with Crippen LogP contribution in [0.2, 0.25) is 0 Å². The van der Waals surface area contributed by atoms with Crippen LogP contribution in [0.1, 0.15) is 12.8 Å². The van der Waals surface area contributed by atoms with Crippen molar-refractivity contribution in [3.05, 3.63) is 0 Å². The molecule has 0 aromatic carbocycles. The highest BCUT2D eigenvalue weighted by Gasteiger charge is 2.22. The molecule has 0 aliphatic carbocycles. The quantitative estimate of drug-likeness (QED) is 0.633. The summed E-state index contributed by atoms with van der Waals surface area (Å²) >= 11 is 0. The van der Waals surface area contributed by atoms with E-state index in [1.54, 1.807) is 0 Å². The highest BCUT2D eigenvalue weighted by molar-refractivity contribution is 4.79. The lowest BCUT2D eigenvalue weighted by Crippen LogP contribution is -2.48. The minimum Gasteiger partial charge on any atom is -0.390 e. The van der Waals surface area contributed by atoms with E-state index in [-0.39, 0.29) is 6.10 Å². The maximum atomic E-state index is 9.45. The number of hydrogen-bond donors (Lipinski definition) is 2. The van der Waals surface area contributed by atoms with Crippen LogP contribution in [0, 0.1) is 0 Å². The van der Waals surface area contributed by atoms with Crippen LogP contribution in [-0.2, 0) is 0 Å². The molecule has 14 heavy (non-hydrogen) atoms. The Morgan fingerprint density at radius 2 is 2.29 bits per heavy atom. The fourth-order valence-electron chi connectivity index (χ4n) is 1.99. The van der Waals surface area contributed by atoms with Gasteiger partial charge in [-0.15, -0.1) is 0 Å². The SMILES string of the molecule is CN(C)C1CCCN(CC(O)CN)C1. The van der Waals surface area contributed by atoms with Crippen molar-refractivity contribution in [1.82, 2.24) is 9.80 Å². The maximum Gasteiger partial charge on any atom is 0.0789 e. The molecule has 84 valence electrons. The van der Waals surface area contributed by atoms with Crippen molar-refractivity contribution in [1.29, 1.82) is 0 Å². The van der Waals surface area contributed by atoms with Crippen LogP contribution in [-0.4, -0.2) is 67.3 Å². The molecule has 4 nitrogen and oxygen atoms in total. The topological polar surface area (TPSA) is 52.7 Å². The smallest absolute Gasteiger partial charge is 0.0789 e. The predicted molar refractivity (Wildman–Crippen MR) is 58.2 cm³/mol. The van der Waals surface area contributed by atoms with E-state index in [1.807, 2.05) is 0 Å². The molecule has 0 amide bonds. The summed E-state index contributed by atoms with van der Waals surface area (Å²) in [6.45, 7) is 3.25. The Kier molecular flexibility index (Phi) is 4.81. The Morgan fingerprint density at radius 3 is 2.86 bits per heavy atom. The molecule has 0 aromatic rings. The Bertz CT molecular complexity index is 163. The molecule has 1 aliphatic rings. The number of hydrogen-bond acceptors (Lipinski definition) is 4. The Balaban J connectivity index is 2.32. The zero-order valence-electron chi connectivity index (χ0n) is 9.32. The second-order valence-corrected chi connectivity index (χ2v) is 4.41. The highest BCUT2D eigenvalue weighted by Crippen LogP contribution is 2.13. The largest absolute Gasteiger partial charge is 0.390 e. The van der Waals surface area contributed by atoms with Crippen LogP contribution >= 0.6 is 0 Å². The van der Waals surface area contributed by atoms with E-state index < -0.39 is 0 Å². The monoisotopic (exact) mass is 201 g/mol. The fraction of sp³-hybridized carbons (Fsp3) is 1.00. The molecule has 0 bridgehead atoms. The van der Waals surface area contributed by atoms with Gasteiger partial charge in [-0.1, -0.05) is 0 Å². The van der Waals surface area contributed by atoms with Crippen molar-refractivity contribution in [3.63, 3.8) is 0 Å². The first-order valence-electron chi connectivity index (χ1n) is 5.40. The predicted octanol–water partition coefficient (Wildman–Crippen LogP) is -0.668. The number of likely N-dealkylation sites (tertiary alicyclic amines) is 1. The number of piperidine rings is 1. The zero-order valence-corrected chi connectivity index (χ0v) is 9.32. The molecule has 4 heteroatoms. The van der Waals surface area contributed by atoms with Gasteiger partial charge in [-0.3, -0.25) is 4.90 Å². The summed E-state index contributed by atoms with van der Waals surface area (Å²) in [6, 6.07) is 0.633. The van der Waals surface area contributed by atoms with Gasteiger partial charge in [0.1, 0.15) is 0 Å². The normalized spacial score (nSPS) is 26.8. The second kappa shape index (κ2) is 5.66. The van der Waals surface area contributed by atoms with Crippen molar-refractivity contribution < 1.29 is 5.11 Å². The van der Waals surface area contributed by atoms with Gasteiger partial charge in [0.2, 0.25) is 0 Å². The molecule has 1 fully saturated rings. The van der Waals surface area contributed by atoms with Gasteiger partial charge in [0.15, 0.2) is 0 Å². The van der Waals surface area contributed by atoms with Crippen molar-refractivity contribution in [2.45, 2.75) is 25.0 Å². The van der Waals surface area contributed by atoms with Crippen molar-refractivity contribution in [3.8, 4) is 0 Å². The van der Waals surface area contributed by atoms with E-state index in [1.165, 1.54) is 12.8 Å². The van der Waals surface area contributed by atoms with Gasteiger partial charge in [-0.2, -0.15) is 0 Å². The molecule has 0 radical (unpaired) electrons. The molecular weight excluding hydrogens is 178 g/mol. The number of nitrogens with two attached hydrogens (primary N) is 1. The Labute approximate surface area is 86.7 Å². The van der Waals surface area contributed by atoms with Crippen molar-refractivity contribution in [2.75, 3.05) is 40.3 Å². The lowest BCUT2D eigenvalue weighted by Gasteiger charge is -2.36. The first-order chi connectivity index (χ1) is 6.63. The standard InChI is InChI=1S/C10H23N3O/c1-12(2)9-4-3-5-13(7-9)8-10(14)6-11/h9-10,14H,3-8,11H2,1-2H3. The van der Waals surface area contributed by atoms with E-state index >= 15 is 0 Å². The van der Waals surface area contributed by atoms with E-state index in [2.05, 4.69) is 23.9 Å². The molecule has 2 atom stereocenters. The average molecular weight is 201 g/mol. The van der Waals surface area contributed by atoms with Crippen LogP contribution in [0.5, 0.6) is 0 Å². The number of rotatable bonds is 4. The minimum absolute atomic E-state index is 0.364. The first-order valence-corrected chi connectivity index (χ1v) is 5.40. The van der Waals surface area contributed by atoms with Crippen LogP contribution < -0.4 is 5.73 Å². The summed E-state index contributed by atoms with van der Waals surface area (Å²) in [6.07, 6.45) is 2.12. The van der Waals surface area contributed by atoms with E-state index in [4.69, 9.17) is 5.73 Å². The summed E-state index contributed by atoms with van der Waals surface area (Å²) in [7, 11) is 4.24. The van der Waals surface area contributed by atoms with E-state index in [0.29, 0.717) is 12.6 Å². The van der Waals surface area contributed by atoms with Gasteiger partial charge in [-0.25, -0.2) is 0 Å². The Morgan fingerprint density at radius 1 is 1.57 bits per heavy atom. The second-order valence-electron chi connectivity index (χ2n) is 4.41. The van der Waals surface area contributed by atoms with Crippen LogP contribution in [0.4, 0.5) is 0 Å². The third-order valence-electron chi connectivity index (χ3n) is 2.95. The third kappa shape index (κ3) is 3.53. The number of nitrogens with zero attached hydrogens (tertiary/aromatic N) is 2. The van der Waals surface area contributed by atoms with Gasteiger partial charge >= 0.3 is 0 Å². The summed E-state index contributed by atoms with van der Waals surface area (Å²) in [5, 5.41) is 9.45. The summed E-state index contributed by atoms with van der Waals surface area (Å²) in [5.74, 6) is 0. The molecular formula is C10H23N3O. The summed E-state index contributed by atoms with van der Waals surface area (Å²) < 4.78 is 0. The molecule has 0 saturated carbocycles. The summed E-state index contributed by atoms with van der Waals surface area (Å²) in [4.78, 5) is 4.58. The molecule has 1 saturated heterocycles. The Hall–Kier alpha value is -0.160. The lowest BCUT2D eigenvalue weighted by atomic mass is 10.0. The number of likely N-dealkylation sites (N-methyl/N-ethyl adjacent to an activating group) is 1. The van der Waals surface area contributed by atoms with Crippen molar-refractivity contribution in [2.24, 2.45) is 5.73 Å². The third-order valence-corrected chi connectivity index (χ3v) is 2.95. The van der Waals surface area contributed by atoms with E-state index in [0.717, 1.165) is 19.6 Å². The molecule has 0 aromatic heterocycles. The van der Waals surface area contributed by atoms with Gasteiger partial charge in [-0.05, 0) is 33.5 Å². The average Bonchev–Trinajstić information content (AvgIpc) is 2.18. The number of aliphatic hydroxyl groups is 1. The molecule has 1 aliphatic heterocycles. The number of aliphatic hydroxyl groups excluding tert-OH is 1. The maximum absolute atomic E-state index is 9.45. The molecule has 1 heterocycles. The number of β-amino-alcohol motifs (C(OH)–C–C–N with tert-alkyl or cyclic N) is 1. The highest BCUT2D eigenvalue weighted by atomic mass is 16.3. The van der Waals surface area contributed by atoms with E-state index in [9.17, 15) is 5.11 Å².